The van der Waals surface area contributed by atoms with Crippen molar-refractivity contribution in [2.24, 2.45) is 0 Å². The van der Waals surface area contributed by atoms with Gasteiger partial charge in [-0.05, 0) is 6.07 Å². The molecule has 0 aliphatic heterocycles. The molecule has 0 N–H and O–H groups in total. The Bertz CT molecular complexity index is 330. The van der Waals surface area contributed by atoms with Crippen LogP contribution in [0.4, 0.5) is 0 Å². The molecule has 0 bridgehead atoms. The number of thiophene rings is 1. The average molecular weight is 194 g/mol. The van der Waals surface area contributed by atoms with E-state index in [4.69, 9.17) is 4.74 Å². The molecule has 0 aromatic carbocycles. The number of rotatable bonds is 3. The summed E-state index contributed by atoms with van der Waals surface area (Å²) < 4.78 is 4.97. The minimum atomic E-state index is 0.301. The summed E-state index contributed by atoms with van der Waals surface area (Å²) in [6, 6.07) is 1.98. The lowest BCUT2D eigenvalue weighted by atomic mass is 10.3. The van der Waals surface area contributed by atoms with Gasteiger partial charge in [-0.1, -0.05) is 11.8 Å². The minimum Gasteiger partial charge on any atom is -0.379 e. The quantitative estimate of drug-likeness (QED) is 0.542. The Labute approximate surface area is 81.5 Å². The highest BCUT2D eigenvalue weighted by molar-refractivity contribution is 7.10. The van der Waals surface area contributed by atoms with Crippen LogP contribution >= 0.6 is 11.3 Å². The molecule has 0 unspecified atom stereocenters. The van der Waals surface area contributed by atoms with Crippen LogP contribution in [0.1, 0.15) is 16.9 Å². The van der Waals surface area contributed by atoms with Gasteiger partial charge in [-0.2, -0.15) is 0 Å². The Kier molecular flexibility index (Phi) is 4.24. The molecular formula is C10H10O2S. The summed E-state index contributed by atoms with van der Waals surface area (Å²) in [4.78, 5) is 11.1. The molecule has 0 spiro atoms. The number of ether oxygens (including phenoxy) is 1. The van der Waals surface area contributed by atoms with Crippen molar-refractivity contribution in [2.45, 2.75) is 13.0 Å². The number of aldehydes is 1. The SMILES string of the molecule is COCc1cc(C#CCC=O)cs1. The van der Waals surface area contributed by atoms with Crippen LogP contribution in [0, 0.1) is 11.8 Å². The van der Waals surface area contributed by atoms with E-state index in [0.717, 1.165) is 16.7 Å². The number of carbonyl (C=O) groups is 1. The fourth-order valence-electron chi connectivity index (χ4n) is 0.859. The van der Waals surface area contributed by atoms with Crippen LogP contribution in [0.2, 0.25) is 0 Å². The van der Waals surface area contributed by atoms with Gasteiger partial charge in [-0.3, -0.25) is 0 Å². The van der Waals surface area contributed by atoms with E-state index < -0.39 is 0 Å². The van der Waals surface area contributed by atoms with Crippen molar-refractivity contribution in [1.82, 2.24) is 0 Å². The molecule has 68 valence electrons. The van der Waals surface area contributed by atoms with Crippen molar-refractivity contribution < 1.29 is 9.53 Å². The average Bonchev–Trinajstić information content (AvgIpc) is 2.54. The van der Waals surface area contributed by atoms with Crippen molar-refractivity contribution in [1.29, 1.82) is 0 Å². The zero-order chi connectivity index (χ0) is 9.52. The molecule has 0 saturated carbocycles. The first kappa shape index (κ1) is 9.97. The van der Waals surface area contributed by atoms with Gasteiger partial charge in [0.1, 0.15) is 6.29 Å². The summed E-state index contributed by atoms with van der Waals surface area (Å²) in [7, 11) is 1.66. The summed E-state index contributed by atoms with van der Waals surface area (Å²) in [5, 5.41) is 1.96. The van der Waals surface area contributed by atoms with E-state index in [1.165, 1.54) is 0 Å². The Morgan fingerprint density at radius 1 is 1.69 bits per heavy atom. The summed E-state index contributed by atoms with van der Waals surface area (Å²) in [5.41, 5.74) is 0.957. The van der Waals surface area contributed by atoms with Crippen LogP contribution in [0.15, 0.2) is 11.4 Å². The predicted octanol–water partition coefficient (Wildman–Crippen LogP) is 1.83. The van der Waals surface area contributed by atoms with E-state index in [-0.39, 0.29) is 0 Å². The number of carbonyl (C=O) groups excluding carboxylic acids is 1. The van der Waals surface area contributed by atoms with Crippen LogP contribution < -0.4 is 0 Å². The second kappa shape index (κ2) is 5.52. The van der Waals surface area contributed by atoms with Gasteiger partial charge >= 0.3 is 0 Å². The van der Waals surface area contributed by atoms with Crippen molar-refractivity contribution in [3.63, 3.8) is 0 Å². The van der Waals surface area contributed by atoms with E-state index in [0.29, 0.717) is 13.0 Å². The van der Waals surface area contributed by atoms with Crippen molar-refractivity contribution >= 4 is 17.6 Å². The van der Waals surface area contributed by atoms with E-state index in [1.807, 2.05) is 11.4 Å². The highest BCUT2D eigenvalue weighted by Crippen LogP contribution is 2.14. The normalized spacial score (nSPS) is 9.00. The van der Waals surface area contributed by atoms with Crippen molar-refractivity contribution in [3.05, 3.63) is 21.9 Å². The monoisotopic (exact) mass is 194 g/mol. The highest BCUT2D eigenvalue weighted by atomic mass is 32.1. The van der Waals surface area contributed by atoms with Gasteiger partial charge in [-0.25, -0.2) is 0 Å². The molecule has 1 rings (SSSR count). The third-order valence-corrected chi connectivity index (χ3v) is 2.27. The van der Waals surface area contributed by atoms with Crippen LogP contribution in [0.3, 0.4) is 0 Å². The molecule has 0 fully saturated rings. The van der Waals surface area contributed by atoms with Gasteiger partial charge in [-0.15, -0.1) is 11.3 Å². The maximum atomic E-state index is 9.98. The van der Waals surface area contributed by atoms with Gasteiger partial charge < -0.3 is 9.53 Å². The van der Waals surface area contributed by atoms with Gasteiger partial charge in [0.2, 0.25) is 0 Å². The smallest absolute Gasteiger partial charge is 0.131 e. The lowest BCUT2D eigenvalue weighted by Crippen LogP contribution is -1.80. The van der Waals surface area contributed by atoms with Crippen LogP contribution in [-0.2, 0) is 16.1 Å². The third-order valence-electron chi connectivity index (χ3n) is 1.36. The summed E-state index contributed by atoms with van der Waals surface area (Å²) in [5.74, 6) is 5.65. The summed E-state index contributed by atoms with van der Waals surface area (Å²) in [6.07, 6.45) is 1.10. The maximum absolute atomic E-state index is 9.98. The molecule has 0 radical (unpaired) electrons. The molecule has 1 aromatic rings. The highest BCUT2D eigenvalue weighted by Gasteiger charge is 1.95. The lowest BCUT2D eigenvalue weighted by molar-refractivity contribution is -0.107. The summed E-state index contributed by atoms with van der Waals surface area (Å²) in [6.45, 7) is 0.625. The second-order valence-electron chi connectivity index (χ2n) is 2.41. The Hall–Kier alpha value is -1.11. The molecule has 1 aromatic heterocycles. The fraction of sp³-hybridized carbons (Fsp3) is 0.300. The zero-order valence-corrected chi connectivity index (χ0v) is 8.19. The first-order valence-corrected chi connectivity index (χ1v) is 4.73. The topological polar surface area (TPSA) is 26.3 Å². The molecule has 0 aliphatic rings. The summed E-state index contributed by atoms with van der Waals surface area (Å²) >= 11 is 1.62. The molecule has 0 atom stereocenters. The Morgan fingerprint density at radius 2 is 2.54 bits per heavy atom. The molecule has 13 heavy (non-hydrogen) atoms. The predicted molar refractivity (Wildman–Crippen MR) is 52.6 cm³/mol. The van der Waals surface area contributed by atoms with Gasteiger partial charge in [0, 0.05) is 22.9 Å². The largest absolute Gasteiger partial charge is 0.379 e. The molecule has 3 heteroatoms. The van der Waals surface area contributed by atoms with E-state index >= 15 is 0 Å². The van der Waals surface area contributed by atoms with E-state index in [2.05, 4.69) is 11.8 Å². The molecule has 1 heterocycles. The van der Waals surface area contributed by atoms with Gasteiger partial charge in [0.05, 0.1) is 13.0 Å². The van der Waals surface area contributed by atoms with E-state index in [9.17, 15) is 4.79 Å². The number of hydrogen-bond acceptors (Lipinski definition) is 3. The van der Waals surface area contributed by atoms with Gasteiger partial charge in [0.15, 0.2) is 0 Å². The molecular weight excluding hydrogens is 184 g/mol. The number of methoxy groups -OCH3 is 1. The van der Waals surface area contributed by atoms with Crippen molar-refractivity contribution in [2.75, 3.05) is 7.11 Å². The maximum Gasteiger partial charge on any atom is 0.131 e. The first-order chi connectivity index (χ1) is 6.36. The molecule has 2 nitrogen and oxygen atoms in total. The fourth-order valence-corrected chi connectivity index (χ4v) is 1.65. The minimum absolute atomic E-state index is 0.301. The van der Waals surface area contributed by atoms with Crippen molar-refractivity contribution in [3.8, 4) is 11.8 Å². The third kappa shape index (κ3) is 3.41. The zero-order valence-electron chi connectivity index (χ0n) is 7.37. The molecule has 0 aliphatic carbocycles. The standard InChI is InChI=1S/C10H10O2S/c1-12-7-10-6-9(8-13-10)4-2-3-5-11/h5-6,8H,3,7H2,1H3. The first-order valence-electron chi connectivity index (χ1n) is 3.85. The lowest BCUT2D eigenvalue weighted by Gasteiger charge is -1.89. The van der Waals surface area contributed by atoms with Crippen LogP contribution in [0.5, 0.6) is 0 Å². The Morgan fingerprint density at radius 3 is 3.23 bits per heavy atom. The number of hydrogen-bond donors (Lipinski definition) is 0. The molecule has 0 amide bonds. The molecule has 0 saturated heterocycles. The Balaban J connectivity index is 2.59. The second-order valence-corrected chi connectivity index (χ2v) is 3.40. The van der Waals surface area contributed by atoms with Crippen LogP contribution in [-0.4, -0.2) is 13.4 Å². The van der Waals surface area contributed by atoms with E-state index in [1.54, 1.807) is 18.4 Å². The van der Waals surface area contributed by atoms with Crippen LogP contribution in [0.25, 0.3) is 0 Å². The van der Waals surface area contributed by atoms with Gasteiger partial charge in [0.25, 0.3) is 0 Å².